The molecule has 0 atom stereocenters. The van der Waals surface area contributed by atoms with Crippen molar-refractivity contribution >= 4 is 28.4 Å². The Morgan fingerprint density at radius 3 is 1.33 bits per heavy atom. The molecule has 0 amide bonds. The summed E-state index contributed by atoms with van der Waals surface area (Å²) in [6, 6.07) is 80.7. The van der Waals surface area contributed by atoms with Crippen LogP contribution in [0.1, 0.15) is 41.7 Å². The number of anilines is 5. The topological polar surface area (TPSA) is 6.48 Å². The molecule has 0 aliphatic heterocycles. The highest BCUT2D eigenvalue weighted by Gasteiger charge is 2.52. The number of fused-ring (bicyclic) bond motifs is 10. The van der Waals surface area contributed by atoms with Crippen molar-refractivity contribution in [2.24, 2.45) is 0 Å². The predicted octanol–water partition coefficient (Wildman–Crippen LogP) is 17.3. The van der Waals surface area contributed by atoms with Crippen LogP contribution in [0.4, 0.5) is 28.4 Å². The quantitative estimate of drug-likeness (QED) is 0.127. The lowest BCUT2D eigenvalue weighted by molar-refractivity contribution is 0.793. The van der Waals surface area contributed by atoms with Gasteiger partial charge in [0.25, 0.3) is 0 Å². The fourth-order valence-corrected chi connectivity index (χ4v) is 10.4. The Hall–Kier alpha value is -8.20. The molecule has 316 valence electrons. The van der Waals surface area contributed by atoms with E-state index in [4.69, 9.17) is 0 Å². The second-order valence-electron chi connectivity index (χ2n) is 17.3. The van der Waals surface area contributed by atoms with E-state index in [1.165, 1.54) is 72.3 Å². The molecule has 9 aromatic rings. The summed E-state index contributed by atoms with van der Waals surface area (Å²) in [4.78, 5) is 4.82. The zero-order valence-electron chi connectivity index (χ0n) is 37.6. The van der Waals surface area contributed by atoms with Crippen LogP contribution in [-0.4, -0.2) is 0 Å². The summed E-state index contributed by atoms with van der Waals surface area (Å²) in [5.74, 6) is 0. The summed E-state index contributed by atoms with van der Waals surface area (Å²) in [5, 5.41) is 0. The number of aryl methyl sites for hydroxylation is 1. The van der Waals surface area contributed by atoms with E-state index in [0.717, 1.165) is 34.1 Å². The first-order chi connectivity index (χ1) is 32.6. The molecule has 0 fully saturated rings. The summed E-state index contributed by atoms with van der Waals surface area (Å²) in [6.45, 7) is 6.32. The van der Waals surface area contributed by atoms with E-state index in [0.29, 0.717) is 0 Å². The fraction of sp³-hybridized carbons (Fsp3) is 0.0625. The van der Waals surface area contributed by atoms with Crippen LogP contribution in [0.25, 0.3) is 44.5 Å². The molecular weight excluding hydrogens is 797 g/mol. The molecule has 2 heteroatoms. The zero-order chi connectivity index (χ0) is 44.6. The molecule has 0 N–H and O–H groups in total. The lowest BCUT2D eigenvalue weighted by atomic mass is 9.70. The molecule has 0 saturated heterocycles. The van der Waals surface area contributed by atoms with Crippen molar-refractivity contribution < 1.29 is 0 Å². The Labute approximate surface area is 389 Å². The standard InChI is InChI=1S/C64H50N2/c1-4-6-22-50(17-5-2)65(52-35-29-48(30-36-52)46-18-9-7-10-19-46)54-39-41-58-59-42-40-55(44-63(59)64(62(58)43-54)60-25-15-13-23-56(60)57-24-14-16-26-61(57)64)66(51-33-27-45(3)28-34-51)53-37-31-49(32-38-53)47-20-11-8-12-21-47/h4-44H,1-3H3/b6-4+,17-5-,50-22+. The van der Waals surface area contributed by atoms with Crippen molar-refractivity contribution in [1.82, 2.24) is 0 Å². The van der Waals surface area contributed by atoms with Gasteiger partial charge in [0.2, 0.25) is 0 Å². The highest BCUT2D eigenvalue weighted by Crippen LogP contribution is 2.64. The second kappa shape index (κ2) is 17.1. The van der Waals surface area contributed by atoms with Gasteiger partial charge >= 0.3 is 0 Å². The summed E-state index contributed by atoms with van der Waals surface area (Å²) >= 11 is 0. The van der Waals surface area contributed by atoms with E-state index in [2.05, 4.69) is 279 Å². The number of rotatable bonds is 10. The van der Waals surface area contributed by atoms with E-state index in [1.807, 2.05) is 0 Å². The third-order valence-electron chi connectivity index (χ3n) is 13.4. The predicted molar refractivity (Wildman–Crippen MR) is 279 cm³/mol. The molecule has 66 heavy (non-hydrogen) atoms. The van der Waals surface area contributed by atoms with Crippen LogP contribution in [0.5, 0.6) is 0 Å². The smallest absolute Gasteiger partial charge is 0.0727 e. The van der Waals surface area contributed by atoms with Gasteiger partial charge in [-0.15, -0.1) is 0 Å². The first kappa shape index (κ1) is 40.6. The van der Waals surface area contributed by atoms with Crippen LogP contribution in [0.2, 0.25) is 0 Å². The van der Waals surface area contributed by atoms with Gasteiger partial charge in [-0.2, -0.15) is 0 Å². The van der Waals surface area contributed by atoms with Gasteiger partial charge in [-0.3, -0.25) is 0 Å². The SMILES string of the molecule is C\C=C/C(=C\C=C\C)N(c1ccc(-c2ccccc2)cc1)c1ccc2c(c1)C1(c3ccccc3-c3ccccc31)c1cc(N(c3ccc(C)cc3)c3ccc(-c4ccccc4)cc3)ccc1-2. The largest absolute Gasteiger partial charge is 0.311 e. The summed E-state index contributed by atoms with van der Waals surface area (Å²) < 4.78 is 0. The number of nitrogens with zero attached hydrogens (tertiary/aromatic N) is 2. The van der Waals surface area contributed by atoms with Gasteiger partial charge in [0.15, 0.2) is 0 Å². The normalized spacial score (nSPS) is 13.2. The minimum Gasteiger partial charge on any atom is -0.311 e. The van der Waals surface area contributed by atoms with Crippen molar-refractivity contribution in [2.75, 3.05) is 9.80 Å². The molecule has 11 rings (SSSR count). The van der Waals surface area contributed by atoms with Gasteiger partial charge in [-0.1, -0.05) is 182 Å². The van der Waals surface area contributed by atoms with E-state index in [-0.39, 0.29) is 0 Å². The summed E-state index contributed by atoms with van der Waals surface area (Å²) in [5.41, 5.74) is 22.3. The maximum Gasteiger partial charge on any atom is 0.0727 e. The van der Waals surface area contributed by atoms with Crippen molar-refractivity contribution in [3.8, 4) is 44.5 Å². The molecule has 0 unspecified atom stereocenters. The fourth-order valence-electron chi connectivity index (χ4n) is 10.4. The molecule has 0 saturated carbocycles. The Morgan fingerprint density at radius 1 is 0.379 bits per heavy atom. The molecule has 9 aromatic carbocycles. The van der Waals surface area contributed by atoms with Gasteiger partial charge in [0.05, 0.1) is 5.41 Å². The Kier molecular flexibility index (Phi) is 10.5. The van der Waals surface area contributed by atoms with E-state index in [1.54, 1.807) is 0 Å². The number of hydrogen-bond donors (Lipinski definition) is 0. The van der Waals surface area contributed by atoms with Crippen molar-refractivity contribution in [3.05, 3.63) is 282 Å². The van der Waals surface area contributed by atoms with Gasteiger partial charge in [-0.05, 0) is 160 Å². The van der Waals surface area contributed by atoms with Crippen LogP contribution < -0.4 is 9.80 Å². The Morgan fingerprint density at radius 2 is 0.803 bits per heavy atom. The minimum atomic E-state index is -0.573. The summed E-state index contributed by atoms with van der Waals surface area (Å²) in [7, 11) is 0. The van der Waals surface area contributed by atoms with Crippen molar-refractivity contribution in [2.45, 2.75) is 26.2 Å². The van der Waals surface area contributed by atoms with Crippen LogP contribution >= 0.6 is 0 Å². The molecule has 2 aliphatic rings. The highest BCUT2D eigenvalue weighted by molar-refractivity contribution is 5.97. The van der Waals surface area contributed by atoms with Crippen molar-refractivity contribution in [3.63, 3.8) is 0 Å². The Balaban J connectivity index is 1.13. The maximum atomic E-state index is 2.48. The molecule has 2 aliphatic carbocycles. The van der Waals surface area contributed by atoms with E-state index in [9.17, 15) is 0 Å². The van der Waals surface area contributed by atoms with Crippen molar-refractivity contribution in [1.29, 1.82) is 0 Å². The van der Waals surface area contributed by atoms with Crippen LogP contribution in [-0.2, 0) is 5.41 Å². The minimum absolute atomic E-state index is 0.573. The zero-order valence-corrected chi connectivity index (χ0v) is 37.6. The number of hydrogen-bond acceptors (Lipinski definition) is 2. The lowest BCUT2D eigenvalue weighted by Crippen LogP contribution is -2.26. The molecule has 0 heterocycles. The first-order valence-corrected chi connectivity index (χ1v) is 23.0. The maximum absolute atomic E-state index is 2.48. The van der Waals surface area contributed by atoms with Crippen LogP contribution in [0, 0.1) is 6.92 Å². The molecule has 2 nitrogen and oxygen atoms in total. The average molecular weight is 847 g/mol. The Bertz CT molecular complexity index is 3260. The highest BCUT2D eigenvalue weighted by atomic mass is 15.2. The molecule has 0 aromatic heterocycles. The van der Waals surface area contributed by atoms with Gasteiger partial charge in [0, 0.05) is 34.1 Å². The number of benzene rings is 9. The monoisotopic (exact) mass is 846 g/mol. The number of allylic oxidation sites excluding steroid dienone is 5. The third kappa shape index (κ3) is 6.82. The lowest BCUT2D eigenvalue weighted by Gasteiger charge is -2.33. The van der Waals surface area contributed by atoms with E-state index >= 15 is 0 Å². The summed E-state index contributed by atoms with van der Waals surface area (Å²) in [6.07, 6.45) is 10.8. The van der Waals surface area contributed by atoms with Gasteiger partial charge in [0.1, 0.15) is 0 Å². The molecular formula is C64H50N2. The van der Waals surface area contributed by atoms with Gasteiger partial charge < -0.3 is 9.80 Å². The second-order valence-corrected chi connectivity index (χ2v) is 17.3. The van der Waals surface area contributed by atoms with Crippen LogP contribution in [0.3, 0.4) is 0 Å². The van der Waals surface area contributed by atoms with Crippen LogP contribution in [0.15, 0.2) is 254 Å². The van der Waals surface area contributed by atoms with Gasteiger partial charge in [-0.25, -0.2) is 0 Å². The molecule has 1 spiro atoms. The molecule has 0 bridgehead atoms. The average Bonchev–Trinajstić information content (AvgIpc) is 3.84. The molecule has 0 radical (unpaired) electrons. The third-order valence-corrected chi connectivity index (χ3v) is 13.4. The van der Waals surface area contributed by atoms with E-state index < -0.39 is 5.41 Å². The first-order valence-electron chi connectivity index (χ1n) is 23.0.